The molecule has 3 atom stereocenters. The van der Waals surface area contributed by atoms with Crippen LogP contribution in [0.15, 0.2) is 12.7 Å². The van der Waals surface area contributed by atoms with Gasteiger partial charge in [0.2, 0.25) is 10.0 Å². The Labute approximate surface area is 108 Å². The van der Waals surface area contributed by atoms with Crippen LogP contribution in [0.3, 0.4) is 0 Å². The van der Waals surface area contributed by atoms with Crippen LogP contribution in [-0.2, 0) is 14.8 Å². The van der Waals surface area contributed by atoms with Crippen LogP contribution in [0, 0.1) is 16.7 Å². The van der Waals surface area contributed by atoms with Gasteiger partial charge in [0, 0.05) is 12.0 Å². The molecule has 1 spiro atoms. The Bertz CT molecular complexity index is 536. The van der Waals surface area contributed by atoms with E-state index >= 15 is 0 Å². The maximum Gasteiger partial charge on any atom is 0.259 e. The van der Waals surface area contributed by atoms with Crippen LogP contribution >= 0.6 is 0 Å². The van der Waals surface area contributed by atoms with Crippen LogP contribution < -0.4 is 0 Å². The van der Waals surface area contributed by atoms with Crippen LogP contribution in [0.5, 0.6) is 0 Å². The maximum absolute atomic E-state index is 12.5. The van der Waals surface area contributed by atoms with Gasteiger partial charge in [-0.2, -0.15) is 0 Å². The van der Waals surface area contributed by atoms with E-state index in [1.165, 1.54) is 0 Å². The van der Waals surface area contributed by atoms with Crippen molar-refractivity contribution in [2.45, 2.75) is 38.4 Å². The fraction of sp³-hybridized carbons (Fsp3) is 0.769. The third-order valence-electron chi connectivity index (χ3n) is 5.87. The lowest BCUT2D eigenvalue weighted by Gasteiger charge is -2.36. The predicted octanol–water partition coefficient (Wildman–Crippen LogP) is 1.54. The summed E-state index contributed by atoms with van der Waals surface area (Å²) in [5.41, 5.74) is -0.212. The fourth-order valence-electron chi connectivity index (χ4n) is 4.59. The van der Waals surface area contributed by atoms with Gasteiger partial charge in [-0.05, 0) is 36.7 Å². The van der Waals surface area contributed by atoms with E-state index in [1.807, 2.05) is 0 Å². The minimum atomic E-state index is -3.47. The van der Waals surface area contributed by atoms with Crippen molar-refractivity contribution in [3.05, 3.63) is 12.7 Å². The van der Waals surface area contributed by atoms with Crippen molar-refractivity contribution >= 4 is 15.9 Å². The summed E-state index contributed by atoms with van der Waals surface area (Å²) in [7, 11) is -3.47. The second-order valence-corrected chi connectivity index (χ2v) is 8.47. The van der Waals surface area contributed by atoms with E-state index in [0.29, 0.717) is 12.5 Å². The summed E-state index contributed by atoms with van der Waals surface area (Å²) < 4.78 is 26.1. The van der Waals surface area contributed by atoms with E-state index in [0.717, 1.165) is 29.6 Å². The van der Waals surface area contributed by atoms with Gasteiger partial charge in [-0.25, -0.2) is 12.7 Å². The molecule has 0 radical (unpaired) electrons. The molecular formula is C13H19NO3S. The van der Waals surface area contributed by atoms with E-state index in [-0.39, 0.29) is 16.1 Å². The highest BCUT2D eigenvalue weighted by Gasteiger charge is 2.72. The van der Waals surface area contributed by atoms with E-state index < -0.39 is 15.9 Å². The van der Waals surface area contributed by atoms with E-state index in [1.54, 1.807) is 0 Å². The lowest BCUT2D eigenvalue weighted by atomic mass is 9.69. The molecule has 1 aliphatic heterocycles. The normalized spacial score (nSPS) is 42.9. The van der Waals surface area contributed by atoms with E-state index in [4.69, 9.17) is 0 Å². The molecule has 0 aromatic rings. The highest BCUT2D eigenvalue weighted by molar-refractivity contribution is 7.90. The highest BCUT2D eigenvalue weighted by Crippen LogP contribution is 2.70. The number of nitrogens with zero attached hydrogens (tertiary/aromatic N) is 1. The van der Waals surface area contributed by atoms with Crippen molar-refractivity contribution in [2.75, 3.05) is 6.54 Å². The van der Waals surface area contributed by atoms with Crippen molar-refractivity contribution < 1.29 is 13.2 Å². The molecule has 1 amide bonds. The van der Waals surface area contributed by atoms with Crippen LogP contribution in [0.1, 0.15) is 33.1 Å². The Balaban J connectivity index is 2.12. The molecule has 1 heterocycles. The molecule has 3 fully saturated rings. The van der Waals surface area contributed by atoms with Gasteiger partial charge in [0.25, 0.3) is 5.91 Å². The summed E-state index contributed by atoms with van der Waals surface area (Å²) in [4.78, 5) is 11.8. The topological polar surface area (TPSA) is 54.5 Å². The zero-order chi connectivity index (χ0) is 13.3. The third-order valence-corrected chi connectivity index (χ3v) is 8.16. The standard InChI is InChI=1S/C13H19NO3S/c1-4-11(15)14-8-13-6-5-9(12(13,2)3)7-10(13)18(14,16)17/h4,9-10H,1,5-8H2,2-3H3/t9?,10-,13?/m1/s1. The summed E-state index contributed by atoms with van der Waals surface area (Å²) in [6, 6.07) is 0. The summed E-state index contributed by atoms with van der Waals surface area (Å²) in [6.45, 7) is 8.10. The summed E-state index contributed by atoms with van der Waals surface area (Å²) in [5, 5.41) is -0.359. The van der Waals surface area contributed by atoms with Gasteiger partial charge in [-0.1, -0.05) is 20.4 Å². The number of fused-ring (bicyclic) bond motifs is 1. The van der Waals surface area contributed by atoms with Gasteiger partial charge in [-0.15, -0.1) is 0 Å². The number of carbonyl (C=O) groups excluding carboxylic acids is 1. The molecule has 100 valence electrons. The quantitative estimate of drug-likeness (QED) is 0.678. The van der Waals surface area contributed by atoms with Crippen LogP contribution in [-0.4, -0.2) is 30.4 Å². The average molecular weight is 269 g/mol. The molecule has 2 bridgehead atoms. The Morgan fingerprint density at radius 3 is 2.61 bits per heavy atom. The van der Waals surface area contributed by atoms with Crippen molar-refractivity contribution in [3.63, 3.8) is 0 Å². The summed E-state index contributed by atoms with van der Waals surface area (Å²) in [5.74, 6) is 0.0104. The van der Waals surface area contributed by atoms with Gasteiger partial charge in [0.1, 0.15) is 0 Å². The number of hydrogen-bond acceptors (Lipinski definition) is 3. The first-order valence-corrected chi connectivity index (χ1v) is 7.95. The molecule has 5 heteroatoms. The monoisotopic (exact) mass is 269 g/mol. The van der Waals surface area contributed by atoms with Crippen LogP contribution in [0.25, 0.3) is 0 Å². The second-order valence-electron chi connectivity index (χ2n) is 6.43. The molecule has 3 rings (SSSR count). The SMILES string of the molecule is C=CC(=O)N1CC23CCC(C[C@H]2S1(=O)=O)C3(C)C. The van der Waals surface area contributed by atoms with Gasteiger partial charge in [-0.3, -0.25) is 4.79 Å². The average Bonchev–Trinajstić information content (AvgIpc) is 2.80. The lowest BCUT2D eigenvalue weighted by molar-refractivity contribution is -0.122. The highest BCUT2D eigenvalue weighted by atomic mass is 32.2. The van der Waals surface area contributed by atoms with Crippen LogP contribution in [0.4, 0.5) is 0 Å². The lowest BCUT2D eigenvalue weighted by Crippen LogP contribution is -2.39. The smallest absolute Gasteiger partial charge is 0.259 e. The van der Waals surface area contributed by atoms with Crippen molar-refractivity contribution in [1.82, 2.24) is 4.31 Å². The zero-order valence-corrected chi connectivity index (χ0v) is 11.7. The zero-order valence-electron chi connectivity index (χ0n) is 10.8. The molecule has 0 N–H and O–H groups in total. The Morgan fingerprint density at radius 1 is 1.44 bits per heavy atom. The number of rotatable bonds is 1. The van der Waals surface area contributed by atoms with Gasteiger partial charge >= 0.3 is 0 Å². The number of amides is 1. The van der Waals surface area contributed by atoms with Gasteiger partial charge in [0.05, 0.1) is 5.25 Å². The predicted molar refractivity (Wildman–Crippen MR) is 68.2 cm³/mol. The summed E-state index contributed by atoms with van der Waals surface area (Å²) >= 11 is 0. The van der Waals surface area contributed by atoms with E-state index in [9.17, 15) is 13.2 Å². The summed E-state index contributed by atoms with van der Waals surface area (Å²) in [6.07, 6.45) is 3.84. The Morgan fingerprint density at radius 2 is 2.11 bits per heavy atom. The van der Waals surface area contributed by atoms with Crippen molar-refractivity contribution in [2.24, 2.45) is 16.7 Å². The molecular weight excluding hydrogens is 250 g/mol. The minimum absolute atomic E-state index is 0.0148. The largest absolute Gasteiger partial charge is 0.269 e. The molecule has 2 unspecified atom stereocenters. The molecule has 3 aliphatic rings. The molecule has 0 aromatic carbocycles. The maximum atomic E-state index is 12.5. The first-order chi connectivity index (χ1) is 8.27. The number of carbonyl (C=O) groups is 1. The Kier molecular flexibility index (Phi) is 2.16. The van der Waals surface area contributed by atoms with Gasteiger partial charge in [0.15, 0.2) is 0 Å². The first-order valence-electron chi connectivity index (χ1n) is 6.45. The van der Waals surface area contributed by atoms with Crippen molar-refractivity contribution in [3.8, 4) is 0 Å². The molecule has 1 saturated heterocycles. The van der Waals surface area contributed by atoms with Crippen molar-refractivity contribution in [1.29, 1.82) is 0 Å². The third kappa shape index (κ3) is 1.08. The number of sulfonamides is 1. The van der Waals surface area contributed by atoms with Gasteiger partial charge < -0.3 is 0 Å². The molecule has 18 heavy (non-hydrogen) atoms. The van der Waals surface area contributed by atoms with Crippen LogP contribution in [0.2, 0.25) is 0 Å². The minimum Gasteiger partial charge on any atom is -0.269 e. The second kappa shape index (κ2) is 3.18. The number of hydrogen-bond donors (Lipinski definition) is 0. The fourth-order valence-corrected chi connectivity index (χ4v) is 7.17. The first kappa shape index (κ1) is 12.2. The molecule has 0 aromatic heterocycles. The van der Waals surface area contributed by atoms with E-state index in [2.05, 4.69) is 20.4 Å². The molecule has 4 nitrogen and oxygen atoms in total. The Hall–Kier alpha value is -0.840. The molecule has 2 aliphatic carbocycles. The molecule has 2 saturated carbocycles.